The number of carbonyl (C=O) groups excluding carboxylic acids is 2. The monoisotopic (exact) mass is 513 g/mol. The Morgan fingerprint density at radius 3 is 2.35 bits per heavy atom. The third-order valence-electron chi connectivity index (χ3n) is 5.78. The van der Waals surface area contributed by atoms with Crippen molar-refractivity contribution in [3.8, 4) is 22.4 Å². The molecule has 5 aromatic rings. The molecule has 0 saturated carbocycles. The molecule has 0 unspecified atom stereocenters. The standard InChI is InChI=1S/C28H20FN3O4S/c1-32-25(24(18-7-3-2-4-8-18)20-9-5-6-10-21(20)26(32)34)27(35)36-15-23(33)31-28-30-22(16-37-28)17-11-13-19(29)14-12-17/h2-14,16H,15H2,1H3,(H,30,31,33). The second kappa shape index (κ2) is 10.2. The first kappa shape index (κ1) is 24.1. The van der Waals surface area contributed by atoms with Crippen LogP contribution in [0.25, 0.3) is 33.2 Å². The smallest absolute Gasteiger partial charge is 0.356 e. The number of rotatable bonds is 6. The molecule has 0 saturated heterocycles. The second-order valence-electron chi connectivity index (χ2n) is 8.17. The highest BCUT2D eigenvalue weighted by Gasteiger charge is 2.23. The first-order valence-corrected chi connectivity index (χ1v) is 12.2. The van der Waals surface area contributed by atoms with Crippen molar-refractivity contribution in [3.05, 3.63) is 106 Å². The molecule has 1 amide bonds. The number of nitrogens with zero attached hydrogens (tertiary/aromatic N) is 2. The van der Waals surface area contributed by atoms with Gasteiger partial charge in [-0.05, 0) is 41.3 Å². The lowest BCUT2D eigenvalue weighted by atomic mass is 9.97. The van der Waals surface area contributed by atoms with Crippen LogP contribution in [0.1, 0.15) is 10.5 Å². The van der Waals surface area contributed by atoms with Crippen LogP contribution in [0, 0.1) is 5.82 Å². The molecule has 0 radical (unpaired) electrons. The molecular formula is C28H20FN3O4S. The molecule has 2 heterocycles. The predicted molar refractivity (Wildman–Crippen MR) is 141 cm³/mol. The van der Waals surface area contributed by atoms with Crippen LogP contribution in [-0.2, 0) is 16.6 Å². The molecule has 0 fully saturated rings. The van der Waals surface area contributed by atoms with E-state index in [1.54, 1.807) is 41.8 Å². The van der Waals surface area contributed by atoms with Crippen molar-refractivity contribution in [2.24, 2.45) is 7.05 Å². The number of nitrogens with one attached hydrogen (secondary N) is 1. The van der Waals surface area contributed by atoms with Crippen LogP contribution >= 0.6 is 11.3 Å². The van der Waals surface area contributed by atoms with Gasteiger partial charge in [-0.3, -0.25) is 14.9 Å². The Labute approximate surface area is 214 Å². The second-order valence-corrected chi connectivity index (χ2v) is 9.03. The molecule has 0 spiro atoms. The van der Waals surface area contributed by atoms with Gasteiger partial charge in [0.15, 0.2) is 11.7 Å². The number of ether oxygens (including phenoxy) is 1. The molecule has 0 aliphatic rings. The van der Waals surface area contributed by atoms with E-state index >= 15 is 0 Å². The number of fused-ring (bicyclic) bond motifs is 1. The Bertz CT molecular complexity index is 1680. The largest absolute Gasteiger partial charge is 0.451 e. The molecule has 0 aliphatic heterocycles. The molecule has 3 aromatic carbocycles. The minimum atomic E-state index is -0.800. The summed E-state index contributed by atoms with van der Waals surface area (Å²) in [5.74, 6) is -1.74. The Balaban J connectivity index is 1.37. The molecule has 0 bridgehead atoms. The van der Waals surface area contributed by atoms with Crippen LogP contribution in [0.4, 0.5) is 9.52 Å². The SMILES string of the molecule is Cn1c(C(=O)OCC(=O)Nc2nc(-c3ccc(F)cc3)cs2)c(-c2ccccc2)c2ccccc2c1=O. The van der Waals surface area contributed by atoms with Crippen molar-refractivity contribution in [2.45, 2.75) is 0 Å². The lowest BCUT2D eigenvalue weighted by Crippen LogP contribution is -2.28. The molecule has 7 nitrogen and oxygen atoms in total. The van der Waals surface area contributed by atoms with E-state index < -0.39 is 18.5 Å². The number of thiazole rings is 1. The van der Waals surface area contributed by atoms with E-state index in [-0.39, 0.29) is 17.1 Å². The minimum Gasteiger partial charge on any atom is -0.451 e. The van der Waals surface area contributed by atoms with E-state index in [0.29, 0.717) is 32.7 Å². The van der Waals surface area contributed by atoms with E-state index in [1.807, 2.05) is 30.3 Å². The number of anilines is 1. The predicted octanol–water partition coefficient (Wildman–Crippen LogP) is 5.26. The summed E-state index contributed by atoms with van der Waals surface area (Å²) in [5.41, 5.74) is 2.28. The van der Waals surface area contributed by atoms with Crippen molar-refractivity contribution in [2.75, 3.05) is 11.9 Å². The number of amides is 1. The van der Waals surface area contributed by atoms with Gasteiger partial charge in [-0.1, -0.05) is 48.5 Å². The Morgan fingerprint density at radius 1 is 0.946 bits per heavy atom. The van der Waals surface area contributed by atoms with Gasteiger partial charge < -0.3 is 9.30 Å². The van der Waals surface area contributed by atoms with Gasteiger partial charge in [0.2, 0.25) is 0 Å². The van der Waals surface area contributed by atoms with Crippen LogP contribution in [0.2, 0.25) is 0 Å². The van der Waals surface area contributed by atoms with Gasteiger partial charge in [0.1, 0.15) is 11.5 Å². The first-order chi connectivity index (χ1) is 17.9. The number of halogens is 1. The Kier molecular flexibility index (Phi) is 6.61. The number of pyridine rings is 1. The van der Waals surface area contributed by atoms with Crippen molar-refractivity contribution < 1.29 is 18.7 Å². The Morgan fingerprint density at radius 2 is 1.62 bits per heavy atom. The maximum Gasteiger partial charge on any atom is 0.356 e. The highest BCUT2D eigenvalue weighted by Crippen LogP contribution is 2.31. The third-order valence-corrected chi connectivity index (χ3v) is 6.54. The van der Waals surface area contributed by atoms with Gasteiger partial charge in [-0.25, -0.2) is 14.2 Å². The summed E-state index contributed by atoms with van der Waals surface area (Å²) in [6.07, 6.45) is 0. The highest BCUT2D eigenvalue weighted by molar-refractivity contribution is 7.14. The molecule has 1 N–H and O–H groups in total. The van der Waals surface area contributed by atoms with Gasteiger partial charge in [0.05, 0.1) is 5.69 Å². The zero-order chi connectivity index (χ0) is 25.9. The van der Waals surface area contributed by atoms with Crippen molar-refractivity contribution in [3.63, 3.8) is 0 Å². The van der Waals surface area contributed by atoms with Crippen molar-refractivity contribution in [1.29, 1.82) is 0 Å². The molecule has 5 rings (SSSR count). The summed E-state index contributed by atoms with van der Waals surface area (Å²) in [6, 6.07) is 22.1. The van der Waals surface area contributed by atoms with E-state index in [4.69, 9.17) is 4.74 Å². The fraction of sp³-hybridized carbons (Fsp3) is 0.0714. The van der Waals surface area contributed by atoms with Crippen LogP contribution in [-0.4, -0.2) is 28.0 Å². The number of esters is 1. The van der Waals surface area contributed by atoms with Crippen LogP contribution in [0.3, 0.4) is 0 Å². The van der Waals surface area contributed by atoms with Crippen LogP contribution < -0.4 is 10.9 Å². The normalized spacial score (nSPS) is 10.9. The van der Waals surface area contributed by atoms with E-state index in [1.165, 1.54) is 35.1 Å². The fourth-order valence-electron chi connectivity index (χ4n) is 4.04. The Hall–Kier alpha value is -4.63. The third kappa shape index (κ3) is 4.89. The van der Waals surface area contributed by atoms with Crippen molar-refractivity contribution >= 4 is 39.1 Å². The van der Waals surface area contributed by atoms with Gasteiger partial charge in [-0.15, -0.1) is 11.3 Å². The topological polar surface area (TPSA) is 90.3 Å². The summed E-state index contributed by atoms with van der Waals surface area (Å²) < 4.78 is 19.8. The quantitative estimate of drug-likeness (QED) is 0.313. The summed E-state index contributed by atoms with van der Waals surface area (Å²) in [7, 11) is 1.50. The lowest BCUT2D eigenvalue weighted by Gasteiger charge is -2.16. The molecule has 0 atom stereocenters. The van der Waals surface area contributed by atoms with Crippen molar-refractivity contribution in [1.82, 2.24) is 9.55 Å². The van der Waals surface area contributed by atoms with Gasteiger partial charge in [-0.2, -0.15) is 0 Å². The molecule has 2 aromatic heterocycles. The summed E-state index contributed by atoms with van der Waals surface area (Å²) in [6.45, 7) is -0.570. The summed E-state index contributed by atoms with van der Waals surface area (Å²) in [4.78, 5) is 43.1. The van der Waals surface area contributed by atoms with Crippen LogP contribution in [0.5, 0.6) is 0 Å². The fourth-order valence-corrected chi connectivity index (χ4v) is 4.78. The summed E-state index contributed by atoms with van der Waals surface area (Å²) in [5, 5.41) is 5.72. The average molecular weight is 514 g/mol. The number of hydrogen-bond acceptors (Lipinski definition) is 6. The van der Waals surface area contributed by atoms with E-state index in [9.17, 15) is 18.8 Å². The van der Waals surface area contributed by atoms with Crippen LogP contribution in [0.15, 0.2) is 89.0 Å². The number of aromatic nitrogens is 2. The van der Waals surface area contributed by atoms with Gasteiger partial charge in [0.25, 0.3) is 11.5 Å². The zero-order valence-electron chi connectivity index (χ0n) is 19.6. The number of carbonyl (C=O) groups is 2. The van der Waals surface area contributed by atoms with E-state index in [0.717, 1.165) is 5.56 Å². The summed E-state index contributed by atoms with van der Waals surface area (Å²) >= 11 is 1.19. The molecule has 0 aliphatic carbocycles. The van der Waals surface area contributed by atoms with Gasteiger partial charge >= 0.3 is 5.97 Å². The molecular weight excluding hydrogens is 493 g/mol. The molecule has 9 heteroatoms. The number of benzene rings is 3. The zero-order valence-corrected chi connectivity index (χ0v) is 20.4. The average Bonchev–Trinajstić information content (AvgIpc) is 3.38. The first-order valence-electron chi connectivity index (χ1n) is 11.3. The lowest BCUT2D eigenvalue weighted by molar-refractivity contribution is -0.119. The number of hydrogen-bond donors (Lipinski definition) is 1. The molecule has 184 valence electrons. The minimum absolute atomic E-state index is 0.0514. The van der Waals surface area contributed by atoms with E-state index in [2.05, 4.69) is 10.3 Å². The maximum absolute atomic E-state index is 13.2. The highest BCUT2D eigenvalue weighted by atomic mass is 32.1. The maximum atomic E-state index is 13.2. The molecule has 37 heavy (non-hydrogen) atoms. The van der Waals surface area contributed by atoms with Gasteiger partial charge in [0, 0.05) is 28.9 Å².